The quantitative estimate of drug-likeness (QED) is 0.190. The number of carbonyl (C=O) groups excluding carboxylic acids is 2. The molecule has 0 saturated carbocycles. The number of nitriles is 1. The summed E-state index contributed by atoms with van der Waals surface area (Å²) in [5, 5.41) is 16.2. The van der Waals surface area contributed by atoms with Crippen molar-refractivity contribution >= 4 is 45.6 Å². The fraction of sp³-hybridized carbons (Fsp3) is 0.242. The van der Waals surface area contributed by atoms with Gasteiger partial charge in [-0.3, -0.25) is 9.59 Å². The van der Waals surface area contributed by atoms with E-state index in [1.165, 1.54) is 33.5 Å². The molecule has 2 atom stereocenters. The molecule has 0 radical (unpaired) electrons. The molecule has 1 aliphatic carbocycles. The average Bonchev–Trinajstić information content (AvgIpc) is 3.36. The molecule has 1 aromatic heterocycles. The molecule has 0 spiro atoms. The van der Waals surface area contributed by atoms with Crippen LogP contribution in [-0.2, 0) is 22.4 Å². The Morgan fingerprint density at radius 2 is 1.80 bits per heavy atom. The summed E-state index contributed by atoms with van der Waals surface area (Å²) in [5.41, 5.74) is 3.64. The molecular weight excluding hydrogens is 551 g/mol. The summed E-state index contributed by atoms with van der Waals surface area (Å²) in [6.07, 6.45) is 3.33. The lowest BCUT2D eigenvalue weighted by Crippen LogP contribution is -2.24. The van der Waals surface area contributed by atoms with Crippen LogP contribution in [-0.4, -0.2) is 23.7 Å². The second-order valence-electron chi connectivity index (χ2n) is 9.85. The molecule has 5 rings (SSSR count). The van der Waals surface area contributed by atoms with E-state index in [-0.39, 0.29) is 23.7 Å². The highest BCUT2D eigenvalue weighted by Gasteiger charge is 2.28. The minimum atomic E-state index is -0.356. The molecular formula is C33H31N3O3S2. The zero-order chi connectivity index (χ0) is 28.6. The highest BCUT2D eigenvalue weighted by molar-refractivity contribution is 8.00. The lowest BCUT2D eigenvalue weighted by atomic mass is 9.83. The maximum absolute atomic E-state index is 13.4. The third-order valence-electron chi connectivity index (χ3n) is 7.06. The Labute approximate surface area is 248 Å². The maximum Gasteiger partial charge on any atom is 0.262 e. The summed E-state index contributed by atoms with van der Waals surface area (Å²) >= 11 is 2.98. The van der Waals surface area contributed by atoms with Crippen molar-refractivity contribution < 1.29 is 14.3 Å². The lowest BCUT2D eigenvalue weighted by Gasteiger charge is -2.22. The number of ether oxygens (including phenoxy) is 1. The van der Waals surface area contributed by atoms with E-state index in [4.69, 9.17) is 4.74 Å². The first-order chi connectivity index (χ1) is 20.0. The van der Waals surface area contributed by atoms with E-state index in [9.17, 15) is 14.9 Å². The predicted molar refractivity (Wildman–Crippen MR) is 166 cm³/mol. The molecule has 0 aliphatic heterocycles. The summed E-state index contributed by atoms with van der Waals surface area (Å²) < 4.78 is 5.53. The van der Waals surface area contributed by atoms with Crippen molar-refractivity contribution in [3.05, 3.63) is 106 Å². The first-order valence-electron chi connectivity index (χ1n) is 13.7. The van der Waals surface area contributed by atoms with E-state index >= 15 is 0 Å². The largest absolute Gasteiger partial charge is 0.484 e. The molecule has 2 unspecified atom stereocenters. The average molecular weight is 582 g/mol. The predicted octanol–water partition coefficient (Wildman–Crippen LogP) is 7.42. The second kappa shape index (κ2) is 13.5. The highest BCUT2D eigenvalue weighted by Crippen LogP contribution is 2.42. The van der Waals surface area contributed by atoms with Crippen LogP contribution in [0.1, 0.15) is 47.3 Å². The fourth-order valence-electron chi connectivity index (χ4n) is 4.99. The summed E-state index contributed by atoms with van der Waals surface area (Å²) in [6.45, 7) is 1.87. The number of nitrogens with one attached hydrogen (secondary N) is 2. The summed E-state index contributed by atoms with van der Waals surface area (Å²) in [5.74, 6) is 0.666. The highest BCUT2D eigenvalue weighted by atomic mass is 32.2. The number of anilines is 2. The van der Waals surface area contributed by atoms with Gasteiger partial charge >= 0.3 is 0 Å². The van der Waals surface area contributed by atoms with Crippen molar-refractivity contribution in [1.29, 1.82) is 5.26 Å². The Hall–Kier alpha value is -4.06. The second-order valence-corrected chi connectivity index (χ2v) is 12.2. The lowest BCUT2D eigenvalue weighted by molar-refractivity contribution is -0.118. The van der Waals surface area contributed by atoms with Gasteiger partial charge in [-0.05, 0) is 73.1 Å². The number of nitrogens with zero attached hydrogens (tertiary/aromatic N) is 1. The molecule has 0 fully saturated rings. The maximum atomic E-state index is 13.4. The van der Waals surface area contributed by atoms with Gasteiger partial charge in [-0.1, -0.05) is 61.5 Å². The van der Waals surface area contributed by atoms with Gasteiger partial charge in [0, 0.05) is 15.5 Å². The Bertz CT molecular complexity index is 1550. The van der Waals surface area contributed by atoms with Gasteiger partial charge in [0.15, 0.2) is 6.61 Å². The normalized spacial score (nSPS) is 14.8. The van der Waals surface area contributed by atoms with E-state index in [0.717, 1.165) is 29.7 Å². The van der Waals surface area contributed by atoms with E-state index in [1.54, 1.807) is 12.1 Å². The van der Waals surface area contributed by atoms with Gasteiger partial charge in [-0.25, -0.2) is 0 Å². The Balaban J connectivity index is 1.21. The van der Waals surface area contributed by atoms with Gasteiger partial charge in [0.2, 0.25) is 5.91 Å². The van der Waals surface area contributed by atoms with Gasteiger partial charge in [-0.15, -0.1) is 23.1 Å². The third kappa shape index (κ3) is 7.18. The number of amides is 2. The van der Waals surface area contributed by atoms with Crippen molar-refractivity contribution in [2.45, 2.75) is 48.7 Å². The molecule has 4 aromatic rings. The van der Waals surface area contributed by atoms with E-state index in [2.05, 4.69) is 41.0 Å². The number of thioether (sulfide) groups is 1. The molecule has 0 saturated heterocycles. The van der Waals surface area contributed by atoms with Gasteiger partial charge < -0.3 is 15.4 Å². The van der Waals surface area contributed by atoms with Gasteiger partial charge in [-0.2, -0.15) is 5.26 Å². The van der Waals surface area contributed by atoms with Crippen LogP contribution >= 0.6 is 23.1 Å². The van der Waals surface area contributed by atoms with Crippen LogP contribution in [0.4, 0.5) is 10.7 Å². The van der Waals surface area contributed by atoms with Crippen LogP contribution in [0.2, 0.25) is 0 Å². The van der Waals surface area contributed by atoms with E-state index < -0.39 is 0 Å². The van der Waals surface area contributed by atoms with Crippen molar-refractivity contribution in [2.24, 2.45) is 0 Å². The molecule has 6 nitrogen and oxygen atoms in total. The minimum Gasteiger partial charge on any atom is -0.484 e. The standard InChI is InChI=1S/C33H31N3O3S2/c1-2-29(40-26-15-9-12-24(19-26)35-31(37)21-39-25-13-7-4-8-14-25)32(38)36-33-28(20-34)27-17-16-23(18-30(27)41-33)22-10-5-3-6-11-22/h3-15,19,23,29H,2,16-18,21H2,1H3,(H,35,37)(H,36,38). The van der Waals surface area contributed by atoms with Crippen LogP contribution in [0, 0.1) is 11.3 Å². The van der Waals surface area contributed by atoms with Gasteiger partial charge in [0.1, 0.15) is 16.8 Å². The van der Waals surface area contributed by atoms with Crippen LogP contribution in [0.5, 0.6) is 5.75 Å². The first-order valence-corrected chi connectivity index (χ1v) is 15.4. The molecule has 8 heteroatoms. The fourth-order valence-corrected chi connectivity index (χ4v) is 7.28. The molecule has 208 valence electrons. The molecule has 2 amide bonds. The van der Waals surface area contributed by atoms with Crippen LogP contribution in [0.15, 0.2) is 89.8 Å². The number of benzene rings is 3. The zero-order valence-electron chi connectivity index (χ0n) is 22.8. The number of para-hydroxylation sites is 1. The topological polar surface area (TPSA) is 91.2 Å². The smallest absolute Gasteiger partial charge is 0.262 e. The molecule has 1 heterocycles. The number of rotatable bonds is 10. The monoisotopic (exact) mass is 581 g/mol. The number of fused-ring (bicyclic) bond motifs is 1. The molecule has 41 heavy (non-hydrogen) atoms. The van der Waals surface area contributed by atoms with Crippen molar-refractivity contribution in [3.63, 3.8) is 0 Å². The van der Waals surface area contributed by atoms with Crippen LogP contribution in [0.3, 0.4) is 0 Å². The van der Waals surface area contributed by atoms with Gasteiger partial charge in [0.05, 0.1) is 10.8 Å². The molecule has 0 bridgehead atoms. The Morgan fingerprint density at radius 3 is 2.54 bits per heavy atom. The SMILES string of the molecule is CCC(Sc1cccc(NC(=O)COc2ccccc2)c1)C(=O)Nc1sc2c(c1C#N)CCC(c1ccccc1)C2. The molecule has 2 N–H and O–H groups in total. The number of thiophene rings is 1. The number of hydrogen-bond acceptors (Lipinski definition) is 6. The van der Waals surface area contributed by atoms with Crippen LogP contribution < -0.4 is 15.4 Å². The zero-order valence-corrected chi connectivity index (χ0v) is 24.4. The Kier molecular flexibility index (Phi) is 9.40. The molecule has 3 aromatic carbocycles. The van der Waals surface area contributed by atoms with Crippen molar-refractivity contribution in [2.75, 3.05) is 17.2 Å². The minimum absolute atomic E-state index is 0.0977. The van der Waals surface area contributed by atoms with Crippen LogP contribution in [0.25, 0.3) is 0 Å². The summed E-state index contributed by atoms with van der Waals surface area (Å²) in [7, 11) is 0. The third-order valence-corrected chi connectivity index (χ3v) is 9.59. The summed E-state index contributed by atoms with van der Waals surface area (Å²) in [4.78, 5) is 27.8. The Morgan fingerprint density at radius 1 is 1.05 bits per heavy atom. The number of hydrogen-bond donors (Lipinski definition) is 2. The van der Waals surface area contributed by atoms with Crippen molar-refractivity contribution in [1.82, 2.24) is 0 Å². The van der Waals surface area contributed by atoms with Crippen molar-refractivity contribution in [3.8, 4) is 11.8 Å². The molecule has 1 aliphatic rings. The first kappa shape index (κ1) is 28.5. The van der Waals surface area contributed by atoms with E-state index in [0.29, 0.717) is 34.3 Å². The van der Waals surface area contributed by atoms with Gasteiger partial charge in [0.25, 0.3) is 5.91 Å². The van der Waals surface area contributed by atoms with E-state index in [1.807, 2.05) is 55.5 Å². The number of carbonyl (C=O) groups is 2. The summed E-state index contributed by atoms with van der Waals surface area (Å²) in [6, 6.07) is 29.5.